The Bertz CT molecular complexity index is 1440. The molecule has 226 valence electrons. The summed E-state index contributed by atoms with van der Waals surface area (Å²) in [6.45, 7) is 3.46. The maximum absolute atomic E-state index is 13.7. The van der Waals surface area contributed by atoms with E-state index in [2.05, 4.69) is 10.1 Å². The summed E-state index contributed by atoms with van der Waals surface area (Å²) in [7, 11) is -4.75. The molecule has 9 nitrogen and oxygen atoms in total. The Balaban J connectivity index is 2.05. The summed E-state index contributed by atoms with van der Waals surface area (Å²) in [4.78, 5) is 23.1. The molecule has 2 aromatic carbocycles. The van der Waals surface area contributed by atoms with Crippen LogP contribution < -0.4 is 14.4 Å². The average Bonchev–Trinajstić information content (AvgIpc) is 2.81. The van der Waals surface area contributed by atoms with Crippen LogP contribution in [0.2, 0.25) is 0 Å². The van der Waals surface area contributed by atoms with Crippen molar-refractivity contribution in [2.75, 3.05) is 16.2 Å². The third-order valence-corrected chi connectivity index (χ3v) is 8.01. The molecule has 1 atom stereocenters. The van der Waals surface area contributed by atoms with Crippen molar-refractivity contribution in [3.05, 3.63) is 48.0 Å². The van der Waals surface area contributed by atoms with Gasteiger partial charge >= 0.3 is 24.4 Å². The maximum Gasteiger partial charge on any atom is 0.427 e. The van der Waals surface area contributed by atoms with Gasteiger partial charge in [0.15, 0.2) is 0 Å². The number of hydrogen-bond donors (Lipinski definition) is 2. The van der Waals surface area contributed by atoms with Crippen LogP contribution in [0.1, 0.15) is 39.7 Å². The monoisotopic (exact) mass is 612 g/mol. The van der Waals surface area contributed by atoms with E-state index in [1.54, 1.807) is 0 Å². The zero-order valence-corrected chi connectivity index (χ0v) is 22.9. The number of halogens is 6. The lowest BCUT2D eigenvalue weighted by Crippen LogP contribution is -2.46. The third kappa shape index (κ3) is 6.97. The SMILES string of the molecule is CC(C)(CC1CN(S(=O)(=O)c2cccc(C(F)(F)F)c2)c2cc(NC(=O)OC(C)(C)C(F)(F)F)ccc2O1)C(=O)O. The van der Waals surface area contributed by atoms with Gasteiger partial charge in [0.1, 0.15) is 11.9 Å². The van der Waals surface area contributed by atoms with Gasteiger partial charge in [-0.15, -0.1) is 0 Å². The molecule has 3 rings (SSSR count). The van der Waals surface area contributed by atoms with Crippen molar-refractivity contribution >= 4 is 33.5 Å². The highest BCUT2D eigenvalue weighted by molar-refractivity contribution is 7.92. The van der Waals surface area contributed by atoms with Crippen LogP contribution in [0, 0.1) is 5.41 Å². The van der Waals surface area contributed by atoms with Crippen molar-refractivity contribution in [2.45, 2.75) is 63.1 Å². The minimum absolute atomic E-state index is 0.132. The second-order valence-electron chi connectivity index (χ2n) is 10.4. The second kappa shape index (κ2) is 10.6. The first-order valence-corrected chi connectivity index (χ1v) is 13.3. The molecule has 2 aromatic rings. The van der Waals surface area contributed by atoms with Gasteiger partial charge in [0.25, 0.3) is 10.0 Å². The zero-order chi connectivity index (χ0) is 31.2. The number of amides is 1. The first-order chi connectivity index (χ1) is 18.5. The predicted octanol–water partition coefficient (Wildman–Crippen LogP) is 6.05. The van der Waals surface area contributed by atoms with Crippen LogP contribution >= 0.6 is 0 Å². The number of carbonyl (C=O) groups is 2. The molecule has 2 N–H and O–H groups in total. The smallest absolute Gasteiger partial charge is 0.427 e. The van der Waals surface area contributed by atoms with Crippen LogP contribution in [-0.2, 0) is 25.7 Å². The fourth-order valence-electron chi connectivity index (χ4n) is 3.77. The minimum Gasteiger partial charge on any atom is -0.486 e. The van der Waals surface area contributed by atoms with Crippen LogP contribution in [0.15, 0.2) is 47.4 Å². The van der Waals surface area contributed by atoms with Gasteiger partial charge in [-0.2, -0.15) is 26.3 Å². The molecule has 0 aromatic heterocycles. The largest absolute Gasteiger partial charge is 0.486 e. The van der Waals surface area contributed by atoms with Crippen LogP contribution in [0.25, 0.3) is 0 Å². The van der Waals surface area contributed by atoms with Crippen molar-refractivity contribution in [2.24, 2.45) is 5.41 Å². The van der Waals surface area contributed by atoms with E-state index in [0.717, 1.165) is 18.2 Å². The van der Waals surface area contributed by atoms with Crippen LogP contribution in [0.5, 0.6) is 5.75 Å². The number of rotatable bonds is 7. The molecule has 1 heterocycles. The molecule has 1 aliphatic heterocycles. The average molecular weight is 613 g/mol. The molecular weight excluding hydrogens is 586 g/mol. The Morgan fingerprint density at radius 1 is 1.05 bits per heavy atom. The molecule has 0 spiro atoms. The summed E-state index contributed by atoms with van der Waals surface area (Å²) in [5.41, 5.74) is -5.97. The van der Waals surface area contributed by atoms with Gasteiger partial charge in [-0.05, 0) is 64.1 Å². The van der Waals surface area contributed by atoms with Gasteiger partial charge in [0.2, 0.25) is 5.60 Å². The first kappa shape index (κ1) is 31.8. The maximum atomic E-state index is 13.7. The minimum atomic E-state index is -4.90. The Morgan fingerprint density at radius 3 is 2.24 bits per heavy atom. The van der Waals surface area contributed by atoms with E-state index in [1.807, 2.05) is 0 Å². The molecule has 41 heavy (non-hydrogen) atoms. The van der Waals surface area contributed by atoms with Crippen molar-refractivity contribution in [3.63, 3.8) is 0 Å². The number of sulfonamides is 1. The highest BCUT2D eigenvalue weighted by Crippen LogP contribution is 2.42. The van der Waals surface area contributed by atoms with E-state index in [-0.39, 0.29) is 23.5 Å². The van der Waals surface area contributed by atoms with Crippen molar-refractivity contribution in [1.82, 2.24) is 0 Å². The van der Waals surface area contributed by atoms with E-state index in [1.165, 1.54) is 26.0 Å². The van der Waals surface area contributed by atoms with Gasteiger partial charge in [0, 0.05) is 12.1 Å². The van der Waals surface area contributed by atoms with Gasteiger partial charge in [-0.25, -0.2) is 13.2 Å². The van der Waals surface area contributed by atoms with E-state index in [4.69, 9.17) is 4.74 Å². The molecule has 0 fully saturated rings. The number of hydrogen-bond acceptors (Lipinski definition) is 6. The molecule has 1 amide bonds. The highest BCUT2D eigenvalue weighted by Gasteiger charge is 2.51. The molecule has 0 saturated carbocycles. The van der Waals surface area contributed by atoms with Gasteiger partial charge < -0.3 is 14.6 Å². The molecule has 0 bridgehead atoms. The van der Waals surface area contributed by atoms with Crippen molar-refractivity contribution < 1.29 is 58.9 Å². The number of aliphatic carboxylic acids is 1. The van der Waals surface area contributed by atoms with Crippen LogP contribution in [0.3, 0.4) is 0 Å². The van der Waals surface area contributed by atoms with E-state index in [0.29, 0.717) is 30.3 Å². The number of nitrogens with one attached hydrogen (secondary N) is 1. The molecule has 0 radical (unpaired) electrons. The number of fused-ring (bicyclic) bond motifs is 1. The summed E-state index contributed by atoms with van der Waals surface area (Å²) in [5.74, 6) is -1.34. The number of carboxylic acids is 1. The standard InChI is InChI=1S/C25H26F6N2O7S/c1-22(2,20(34)35)12-16-13-33(41(37,38)17-7-5-6-14(10-17)24(26,27)28)18-11-15(8-9-19(18)39-16)32-21(36)40-23(3,4)25(29,30)31/h5-11,16H,12-13H2,1-4H3,(H,32,36)(H,34,35). The molecule has 1 aliphatic rings. The second-order valence-corrected chi connectivity index (χ2v) is 12.3. The fraction of sp³-hybridized carbons (Fsp3) is 0.440. The summed E-state index contributed by atoms with van der Waals surface area (Å²) < 4.78 is 118. The normalized spacial score (nSPS) is 16.4. The zero-order valence-electron chi connectivity index (χ0n) is 22.1. The summed E-state index contributed by atoms with van der Waals surface area (Å²) in [5, 5.41) is 11.6. The summed E-state index contributed by atoms with van der Waals surface area (Å²) >= 11 is 0. The van der Waals surface area contributed by atoms with Crippen molar-refractivity contribution in [3.8, 4) is 5.75 Å². The molecule has 16 heteroatoms. The molecular formula is C25H26F6N2O7S. The molecule has 1 unspecified atom stereocenters. The number of ether oxygens (including phenoxy) is 2. The number of carbonyl (C=O) groups excluding carboxylic acids is 1. The number of anilines is 2. The first-order valence-electron chi connectivity index (χ1n) is 11.9. The Kier molecular flexibility index (Phi) is 8.24. The Hall–Kier alpha value is -3.69. The van der Waals surface area contributed by atoms with Gasteiger partial charge in [-0.3, -0.25) is 14.4 Å². The number of carboxylic acid groups (broad SMARTS) is 1. The topological polar surface area (TPSA) is 122 Å². The Labute approximate surface area is 231 Å². The fourth-order valence-corrected chi connectivity index (χ4v) is 5.32. The molecule has 0 aliphatic carbocycles. The van der Waals surface area contributed by atoms with Crippen molar-refractivity contribution in [1.29, 1.82) is 0 Å². The molecule has 0 saturated heterocycles. The Morgan fingerprint density at radius 2 is 1.68 bits per heavy atom. The lowest BCUT2D eigenvalue weighted by Gasteiger charge is -2.38. The lowest BCUT2D eigenvalue weighted by atomic mass is 9.86. The van der Waals surface area contributed by atoms with E-state index >= 15 is 0 Å². The highest BCUT2D eigenvalue weighted by atomic mass is 32.2. The predicted molar refractivity (Wildman–Crippen MR) is 133 cm³/mol. The number of alkyl halides is 6. The van der Waals surface area contributed by atoms with Gasteiger partial charge in [-0.1, -0.05) is 6.07 Å². The van der Waals surface area contributed by atoms with E-state index in [9.17, 15) is 49.5 Å². The summed E-state index contributed by atoms with van der Waals surface area (Å²) in [6, 6.07) is 6.32. The number of benzene rings is 2. The summed E-state index contributed by atoms with van der Waals surface area (Å²) in [6.07, 6.45) is -12.5. The lowest BCUT2D eigenvalue weighted by molar-refractivity contribution is -0.242. The third-order valence-electron chi connectivity index (χ3n) is 6.23. The quantitative estimate of drug-likeness (QED) is 0.365. The van der Waals surface area contributed by atoms with Gasteiger partial charge in [0.05, 0.1) is 28.1 Å². The van der Waals surface area contributed by atoms with Crippen LogP contribution in [-0.4, -0.2) is 50.0 Å². The van der Waals surface area contributed by atoms with Crippen LogP contribution in [0.4, 0.5) is 42.5 Å². The number of nitrogens with zero attached hydrogens (tertiary/aromatic N) is 1. The van der Waals surface area contributed by atoms with E-state index < -0.39 is 68.6 Å².